The second-order valence-corrected chi connectivity index (χ2v) is 6.36. The van der Waals surface area contributed by atoms with Crippen LogP contribution in [0.15, 0.2) is 30.0 Å². The Balaban J connectivity index is 0.00000176. The molecule has 1 unspecified atom stereocenters. The summed E-state index contributed by atoms with van der Waals surface area (Å²) in [6.45, 7) is 6.67. The van der Waals surface area contributed by atoms with E-state index in [1.54, 1.807) is 0 Å². The molecule has 0 bridgehead atoms. The van der Waals surface area contributed by atoms with Crippen LogP contribution in [0.2, 0.25) is 0 Å². The summed E-state index contributed by atoms with van der Waals surface area (Å²) in [5, 5.41) is 1.53. The number of anilines is 1. The molecule has 0 radical (unpaired) electrons. The van der Waals surface area contributed by atoms with Crippen LogP contribution >= 0.6 is 0 Å². The molecule has 22 heavy (non-hydrogen) atoms. The highest BCUT2D eigenvalue weighted by Crippen LogP contribution is 2.47. The van der Waals surface area contributed by atoms with Crippen LogP contribution in [-0.4, -0.2) is 35.4 Å². The van der Waals surface area contributed by atoms with E-state index >= 15 is 0 Å². The molecule has 0 aromatic heterocycles. The summed E-state index contributed by atoms with van der Waals surface area (Å²) in [5.41, 5.74) is 2.73. The number of rotatable bonds is 2. The second-order valence-electron chi connectivity index (χ2n) is 6.36. The molecular formula is C17H25N3O2. The van der Waals surface area contributed by atoms with Crippen molar-refractivity contribution in [1.29, 1.82) is 0 Å². The Morgan fingerprint density at radius 3 is 2.45 bits per heavy atom. The van der Waals surface area contributed by atoms with Crippen LogP contribution in [0.25, 0.3) is 0 Å². The average molecular weight is 303 g/mol. The lowest BCUT2D eigenvalue weighted by Crippen LogP contribution is -2.40. The summed E-state index contributed by atoms with van der Waals surface area (Å²) in [4.78, 5) is 13.9. The molecule has 0 aliphatic carbocycles. The number of hydrogen-bond acceptors (Lipinski definition) is 4. The number of carbonyl (C=O) groups excluding carboxylic acids is 1. The van der Waals surface area contributed by atoms with Crippen molar-refractivity contribution >= 4 is 11.6 Å². The summed E-state index contributed by atoms with van der Waals surface area (Å²) in [6.07, 6.45) is 2.21. The van der Waals surface area contributed by atoms with E-state index in [-0.39, 0.29) is 11.4 Å². The molecule has 1 aromatic rings. The van der Waals surface area contributed by atoms with Gasteiger partial charge < -0.3 is 10.4 Å². The molecule has 2 aliphatic heterocycles. The van der Waals surface area contributed by atoms with Crippen molar-refractivity contribution in [3.8, 4) is 0 Å². The molecule has 0 saturated carbocycles. The van der Waals surface area contributed by atoms with Gasteiger partial charge >= 0.3 is 0 Å². The minimum atomic E-state index is 0. The van der Waals surface area contributed by atoms with Gasteiger partial charge in [0.25, 0.3) is 0 Å². The monoisotopic (exact) mass is 303 g/mol. The Bertz CT molecular complexity index is 573. The number of nitrogens with two attached hydrogens (primary N) is 1. The van der Waals surface area contributed by atoms with Crippen LogP contribution in [0.4, 0.5) is 5.69 Å². The molecule has 120 valence electrons. The largest absolute Gasteiger partial charge is 0.412 e. The van der Waals surface area contributed by atoms with Crippen molar-refractivity contribution in [3.05, 3.63) is 35.5 Å². The first-order valence-electron chi connectivity index (χ1n) is 7.76. The predicted molar refractivity (Wildman–Crippen MR) is 88.1 cm³/mol. The predicted octanol–water partition coefficient (Wildman–Crippen LogP) is 1.48. The summed E-state index contributed by atoms with van der Waals surface area (Å²) >= 11 is 0. The molecule has 0 amide bonds. The van der Waals surface area contributed by atoms with Crippen LogP contribution in [-0.2, 0) is 4.79 Å². The first-order chi connectivity index (χ1) is 10.1. The van der Waals surface area contributed by atoms with Gasteiger partial charge in [-0.25, -0.2) is 10.6 Å². The maximum absolute atomic E-state index is 11.4. The Morgan fingerprint density at radius 2 is 1.86 bits per heavy atom. The van der Waals surface area contributed by atoms with E-state index in [4.69, 9.17) is 5.84 Å². The number of nitrogens with zero attached hydrogens (tertiary/aromatic N) is 2. The van der Waals surface area contributed by atoms with Gasteiger partial charge in [0.05, 0.1) is 5.69 Å². The van der Waals surface area contributed by atoms with E-state index in [1.165, 1.54) is 10.6 Å². The van der Waals surface area contributed by atoms with Gasteiger partial charge in [-0.1, -0.05) is 18.2 Å². The Labute approximate surface area is 131 Å². The van der Waals surface area contributed by atoms with Gasteiger partial charge in [-0.3, -0.25) is 5.01 Å². The van der Waals surface area contributed by atoms with Crippen molar-refractivity contribution in [2.24, 2.45) is 11.8 Å². The highest BCUT2D eigenvalue weighted by molar-refractivity contribution is 5.75. The third kappa shape index (κ3) is 2.69. The molecule has 1 aromatic carbocycles. The quantitative estimate of drug-likeness (QED) is 0.663. The molecule has 1 saturated heterocycles. The summed E-state index contributed by atoms with van der Waals surface area (Å²) in [7, 11) is 0. The first kappa shape index (κ1) is 16.7. The number of fused-ring (bicyclic) bond motifs is 1. The van der Waals surface area contributed by atoms with Gasteiger partial charge in [-0.2, -0.15) is 0 Å². The third-order valence-electron chi connectivity index (χ3n) is 4.97. The number of hydrazine groups is 1. The second kappa shape index (κ2) is 6.63. The van der Waals surface area contributed by atoms with Crippen LogP contribution in [0.3, 0.4) is 0 Å². The van der Waals surface area contributed by atoms with Gasteiger partial charge in [-0.15, -0.1) is 0 Å². The molecule has 1 fully saturated rings. The topological polar surface area (TPSA) is 81.1 Å². The fourth-order valence-electron chi connectivity index (χ4n) is 3.76. The van der Waals surface area contributed by atoms with Gasteiger partial charge in [-0.05, 0) is 57.3 Å². The molecule has 5 nitrogen and oxygen atoms in total. The minimum Gasteiger partial charge on any atom is -0.412 e. The normalized spacial score (nSPS) is 22.5. The average Bonchev–Trinajstić information content (AvgIpc) is 2.80. The molecule has 0 spiro atoms. The van der Waals surface area contributed by atoms with Gasteiger partial charge in [0.15, 0.2) is 0 Å². The number of hydrogen-bond donors (Lipinski definition) is 1. The number of benzene rings is 1. The lowest BCUT2D eigenvalue weighted by atomic mass is 9.79. The van der Waals surface area contributed by atoms with Crippen LogP contribution in [0.5, 0.6) is 0 Å². The standard InChI is InChI=1S/C17H23N3O.H2O/c1-12(2)19-9-7-13(8-10-19)17-14-5-3-4-6-15(14)20(18)16(17)11-21;/h3-6,12-13,17H,7-10,18H2,1-2H3;1H2. The zero-order chi connectivity index (χ0) is 15.0. The maximum Gasteiger partial charge on any atom is 0.148 e. The first-order valence-corrected chi connectivity index (χ1v) is 7.76. The highest BCUT2D eigenvalue weighted by atomic mass is 16.1. The zero-order valence-corrected chi connectivity index (χ0v) is 13.2. The molecule has 1 atom stereocenters. The van der Waals surface area contributed by atoms with Crippen molar-refractivity contribution in [3.63, 3.8) is 0 Å². The van der Waals surface area contributed by atoms with Crippen LogP contribution in [0, 0.1) is 5.92 Å². The molecule has 5 heteroatoms. The Morgan fingerprint density at radius 1 is 1.23 bits per heavy atom. The van der Waals surface area contributed by atoms with E-state index in [1.807, 2.05) is 18.2 Å². The van der Waals surface area contributed by atoms with E-state index < -0.39 is 0 Å². The Hall–Kier alpha value is -1.65. The van der Waals surface area contributed by atoms with E-state index in [9.17, 15) is 4.79 Å². The minimum absolute atomic E-state index is 0. The van der Waals surface area contributed by atoms with E-state index in [2.05, 4.69) is 30.8 Å². The lowest BCUT2D eigenvalue weighted by molar-refractivity contribution is 0.143. The number of allylic oxidation sites excluding steroid dienone is 1. The fraction of sp³-hybridized carbons (Fsp3) is 0.529. The summed E-state index contributed by atoms with van der Waals surface area (Å²) < 4.78 is 0. The summed E-state index contributed by atoms with van der Waals surface area (Å²) in [6, 6.07) is 8.66. The molecule has 2 aliphatic rings. The molecule has 2 heterocycles. The fourth-order valence-corrected chi connectivity index (χ4v) is 3.76. The van der Waals surface area contributed by atoms with Crippen molar-refractivity contribution in [2.45, 2.75) is 38.6 Å². The number of para-hydroxylation sites is 1. The zero-order valence-electron chi connectivity index (χ0n) is 13.2. The Kier molecular flexibility index (Phi) is 5.04. The van der Waals surface area contributed by atoms with Crippen LogP contribution in [0.1, 0.15) is 38.2 Å². The van der Waals surface area contributed by atoms with Gasteiger partial charge in [0, 0.05) is 12.0 Å². The van der Waals surface area contributed by atoms with Crippen LogP contribution < -0.4 is 10.9 Å². The maximum atomic E-state index is 11.4. The van der Waals surface area contributed by atoms with Crippen molar-refractivity contribution < 1.29 is 10.3 Å². The van der Waals surface area contributed by atoms with Gasteiger partial charge in [0.2, 0.25) is 0 Å². The summed E-state index contributed by atoms with van der Waals surface area (Å²) in [5.74, 6) is 8.78. The number of piperidine rings is 1. The van der Waals surface area contributed by atoms with Crippen molar-refractivity contribution in [2.75, 3.05) is 18.1 Å². The lowest BCUT2D eigenvalue weighted by Gasteiger charge is -2.37. The van der Waals surface area contributed by atoms with Crippen molar-refractivity contribution in [1.82, 2.24) is 4.90 Å². The molecular weight excluding hydrogens is 278 g/mol. The van der Waals surface area contributed by atoms with Gasteiger partial charge in [0.1, 0.15) is 11.6 Å². The smallest absolute Gasteiger partial charge is 0.148 e. The highest BCUT2D eigenvalue weighted by Gasteiger charge is 2.39. The SMILES string of the molecule is CC(C)N1CCC(C2C(=C=O)N(N)c3ccccc32)CC1.O. The number of likely N-dealkylation sites (tertiary alicyclic amines) is 1. The van der Waals surface area contributed by atoms with E-state index in [0.29, 0.717) is 17.7 Å². The third-order valence-corrected chi connectivity index (χ3v) is 4.97. The molecule has 4 N–H and O–H groups in total. The molecule has 3 rings (SSSR count). The van der Waals surface area contributed by atoms with E-state index in [0.717, 1.165) is 31.6 Å².